The molecule has 7 heteroatoms. The summed E-state index contributed by atoms with van der Waals surface area (Å²) in [5, 5.41) is 0. The van der Waals surface area contributed by atoms with E-state index in [0.29, 0.717) is 5.75 Å². The fourth-order valence-electron chi connectivity index (χ4n) is 0.964. The zero-order chi connectivity index (χ0) is 9.84. The Morgan fingerprint density at radius 2 is 1.93 bits per heavy atom. The molecule has 86 valence electrons. The van der Waals surface area contributed by atoms with Crippen molar-refractivity contribution in [3.8, 4) is 11.5 Å². The fourth-order valence-corrected chi connectivity index (χ4v) is 0.964. The first kappa shape index (κ1) is 16.2. The van der Waals surface area contributed by atoms with Crippen molar-refractivity contribution in [2.45, 2.75) is 0 Å². The first-order valence-electron chi connectivity index (χ1n) is 3.57. The van der Waals surface area contributed by atoms with Crippen LogP contribution in [0.25, 0.3) is 0 Å². The van der Waals surface area contributed by atoms with Gasteiger partial charge in [-0.2, -0.15) is 0 Å². The van der Waals surface area contributed by atoms with Gasteiger partial charge in [0.25, 0.3) is 5.91 Å². The highest BCUT2D eigenvalue weighted by atomic mass is 35.5. The summed E-state index contributed by atoms with van der Waals surface area (Å²) < 4.78 is 9.89. The molecule has 0 aliphatic heterocycles. The van der Waals surface area contributed by atoms with Crippen LogP contribution in [0, 0.1) is 0 Å². The number of nitrogens with zero attached hydrogens (tertiary/aromatic N) is 1. The summed E-state index contributed by atoms with van der Waals surface area (Å²) in [6, 6.07) is 1.59. The van der Waals surface area contributed by atoms with Gasteiger partial charge in [0.15, 0.2) is 17.2 Å². The van der Waals surface area contributed by atoms with Crippen LogP contribution in [0.2, 0.25) is 0 Å². The lowest BCUT2D eigenvalue weighted by Crippen LogP contribution is -2.14. The van der Waals surface area contributed by atoms with Gasteiger partial charge in [-0.05, 0) is 0 Å². The Labute approximate surface area is 99.8 Å². The van der Waals surface area contributed by atoms with Crippen molar-refractivity contribution in [1.82, 2.24) is 4.98 Å². The number of ether oxygens (including phenoxy) is 2. The van der Waals surface area contributed by atoms with Gasteiger partial charge >= 0.3 is 0 Å². The van der Waals surface area contributed by atoms with Crippen LogP contribution in [-0.4, -0.2) is 25.1 Å². The minimum absolute atomic E-state index is 0. The van der Waals surface area contributed by atoms with Crippen LogP contribution in [-0.2, 0) is 0 Å². The molecule has 1 heterocycles. The molecular weight excluding hydrogens is 243 g/mol. The third-order valence-corrected chi connectivity index (χ3v) is 1.53. The number of primary amides is 1. The molecule has 0 aromatic carbocycles. The van der Waals surface area contributed by atoms with E-state index in [2.05, 4.69) is 4.98 Å². The minimum Gasteiger partial charge on any atom is -0.493 e. The summed E-state index contributed by atoms with van der Waals surface area (Å²) in [6.07, 6.45) is 1.43. The van der Waals surface area contributed by atoms with Gasteiger partial charge in [-0.3, -0.25) is 4.79 Å². The number of methoxy groups -OCH3 is 2. The normalized spacial score (nSPS) is 8.13. The molecule has 5 nitrogen and oxygen atoms in total. The van der Waals surface area contributed by atoms with Gasteiger partial charge in [-0.15, -0.1) is 24.8 Å². The van der Waals surface area contributed by atoms with E-state index in [-0.39, 0.29) is 36.3 Å². The third kappa shape index (κ3) is 3.45. The van der Waals surface area contributed by atoms with Crippen molar-refractivity contribution in [2.75, 3.05) is 14.2 Å². The Morgan fingerprint density at radius 1 is 1.33 bits per heavy atom. The summed E-state index contributed by atoms with van der Waals surface area (Å²) in [6.45, 7) is 0. The molecule has 0 aliphatic carbocycles. The summed E-state index contributed by atoms with van der Waals surface area (Å²) in [5.74, 6) is 0.0551. The van der Waals surface area contributed by atoms with Gasteiger partial charge in [-0.1, -0.05) is 0 Å². The van der Waals surface area contributed by atoms with E-state index in [9.17, 15) is 4.79 Å². The van der Waals surface area contributed by atoms with Gasteiger partial charge in [0.2, 0.25) is 0 Å². The lowest BCUT2D eigenvalue weighted by molar-refractivity contribution is 0.0991. The number of rotatable bonds is 3. The van der Waals surface area contributed by atoms with Crippen LogP contribution in [0.3, 0.4) is 0 Å². The van der Waals surface area contributed by atoms with Crippen molar-refractivity contribution in [2.24, 2.45) is 5.73 Å². The zero-order valence-electron chi connectivity index (χ0n) is 8.22. The Kier molecular flexibility index (Phi) is 7.73. The maximum Gasteiger partial charge on any atom is 0.271 e. The maximum absolute atomic E-state index is 10.9. The van der Waals surface area contributed by atoms with E-state index in [4.69, 9.17) is 15.2 Å². The molecule has 0 fully saturated rings. The van der Waals surface area contributed by atoms with Crippen LogP contribution in [0.1, 0.15) is 10.5 Å². The van der Waals surface area contributed by atoms with Crippen LogP contribution in [0.4, 0.5) is 0 Å². The second-order valence-corrected chi connectivity index (χ2v) is 2.26. The first-order valence-corrected chi connectivity index (χ1v) is 3.57. The predicted octanol–water partition coefficient (Wildman–Crippen LogP) is 1.04. The fraction of sp³-hybridized carbons (Fsp3) is 0.250. The third-order valence-electron chi connectivity index (χ3n) is 1.53. The van der Waals surface area contributed by atoms with Crippen LogP contribution in [0.5, 0.6) is 11.5 Å². The molecule has 0 saturated carbocycles. The van der Waals surface area contributed by atoms with Crippen LogP contribution in [0.15, 0.2) is 12.3 Å². The van der Waals surface area contributed by atoms with E-state index < -0.39 is 5.91 Å². The van der Waals surface area contributed by atoms with Crippen molar-refractivity contribution < 1.29 is 14.3 Å². The minimum atomic E-state index is -0.643. The van der Waals surface area contributed by atoms with Crippen LogP contribution < -0.4 is 15.2 Å². The van der Waals surface area contributed by atoms with Crippen LogP contribution >= 0.6 is 24.8 Å². The average Bonchev–Trinajstić information content (AvgIpc) is 2.16. The summed E-state index contributed by atoms with van der Waals surface area (Å²) in [7, 11) is 2.90. The molecule has 1 aromatic heterocycles. The molecule has 1 amide bonds. The Morgan fingerprint density at radius 3 is 2.33 bits per heavy atom. The van der Waals surface area contributed by atoms with E-state index in [0.717, 1.165) is 0 Å². The number of carbonyl (C=O) groups is 1. The highest BCUT2D eigenvalue weighted by Crippen LogP contribution is 2.28. The Bertz CT molecular complexity index is 334. The molecule has 0 unspecified atom stereocenters. The lowest BCUT2D eigenvalue weighted by Gasteiger charge is -2.08. The average molecular weight is 255 g/mol. The number of nitrogens with two attached hydrogens (primary N) is 1. The Hall–Kier alpha value is -1.20. The van der Waals surface area contributed by atoms with E-state index in [1.807, 2.05) is 0 Å². The highest BCUT2D eigenvalue weighted by Gasteiger charge is 2.14. The van der Waals surface area contributed by atoms with Crippen molar-refractivity contribution in [3.05, 3.63) is 18.0 Å². The largest absolute Gasteiger partial charge is 0.493 e. The topological polar surface area (TPSA) is 74.4 Å². The lowest BCUT2D eigenvalue weighted by atomic mass is 10.3. The van der Waals surface area contributed by atoms with E-state index in [1.165, 1.54) is 20.4 Å². The predicted molar refractivity (Wildman–Crippen MR) is 60.4 cm³/mol. The molecule has 1 aromatic rings. The number of pyridine rings is 1. The van der Waals surface area contributed by atoms with Gasteiger partial charge in [-0.25, -0.2) is 4.98 Å². The van der Waals surface area contributed by atoms with Gasteiger partial charge < -0.3 is 15.2 Å². The van der Waals surface area contributed by atoms with Crippen molar-refractivity contribution in [1.29, 1.82) is 0 Å². The van der Waals surface area contributed by atoms with Gasteiger partial charge in [0, 0.05) is 12.3 Å². The first-order chi connectivity index (χ1) is 6.20. The standard InChI is InChI=1S/C8H10N2O3.2ClH/c1-12-5-3-4-10-6(8(9)11)7(5)13-2;;/h3-4H,1-2H3,(H2,9,11);2*1H. The van der Waals surface area contributed by atoms with E-state index >= 15 is 0 Å². The van der Waals surface area contributed by atoms with Crippen molar-refractivity contribution in [3.63, 3.8) is 0 Å². The SMILES string of the molecule is COc1ccnc(C(N)=O)c1OC.Cl.Cl. The van der Waals surface area contributed by atoms with Crippen molar-refractivity contribution >= 4 is 30.7 Å². The molecule has 0 bridgehead atoms. The molecule has 2 N–H and O–H groups in total. The van der Waals surface area contributed by atoms with Gasteiger partial charge in [0.1, 0.15) is 0 Å². The number of hydrogen-bond acceptors (Lipinski definition) is 4. The molecule has 15 heavy (non-hydrogen) atoms. The molecule has 0 radical (unpaired) electrons. The maximum atomic E-state index is 10.9. The molecular formula is C8H12Cl2N2O3. The summed E-state index contributed by atoms with van der Waals surface area (Å²) >= 11 is 0. The number of aromatic nitrogens is 1. The molecule has 0 aliphatic rings. The molecule has 0 spiro atoms. The molecule has 0 saturated heterocycles. The number of halogens is 2. The quantitative estimate of drug-likeness (QED) is 0.875. The number of hydrogen-bond donors (Lipinski definition) is 1. The monoisotopic (exact) mass is 254 g/mol. The molecule has 0 atom stereocenters. The number of amides is 1. The van der Waals surface area contributed by atoms with Gasteiger partial charge in [0.05, 0.1) is 14.2 Å². The summed E-state index contributed by atoms with van der Waals surface area (Å²) in [4.78, 5) is 14.7. The second kappa shape index (κ2) is 7.14. The number of carbonyl (C=O) groups excluding carboxylic acids is 1. The summed E-state index contributed by atoms with van der Waals surface area (Å²) in [5.41, 5.74) is 5.15. The Balaban J connectivity index is 0. The zero-order valence-corrected chi connectivity index (χ0v) is 9.85. The highest BCUT2D eigenvalue weighted by molar-refractivity contribution is 5.94. The second-order valence-electron chi connectivity index (χ2n) is 2.26. The molecule has 1 rings (SSSR count). The van der Waals surface area contributed by atoms with E-state index in [1.54, 1.807) is 6.07 Å². The smallest absolute Gasteiger partial charge is 0.271 e.